The Labute approximate surface area is 117 Å². The van der Waals surface area contributed by atoms with E-state index in [9.17, 15) is 8.42 Å². The number of piperidine rings is 1. The van der Waals surface area contributed by atoms with E-state index in [0.29, 0.717) is 12.1 Å². The third kappa shape index (κ3) is 3.92. The van der Waals surface area contributed by atoms with E-state index in [-0.39, 0.29) is 5.25 Å². The Kier molecular flexibility index (Phi) is 5.26. The minimum atomic E-state index is -2.88. The molecule has 0 spiro atoms. The van der Waals surface area contributed by atoms with Crippen molar-refractivity contribution in [3.05, 3.63) is 0 Å². The monoisotopic (exact) mass is 288 g/mol. The molecule has 1 saturated carbocycles. The topological polar surface area (TPSA) is 63.4 Å². The van der Waals surface area contributed by atoms with Crippen LogP contribution in [-0.4, -0.2) is 50.0 Å². The van der Waals surface area contributed by atoms with E-state index in [1.54, 1.807) is 0 Å². The van der Waals surface area contributed by atoms with Crippen LogP contribution in [0, 0.1) is 0 Å². The van der Waals surface area contributed by atoms with E-state index >= 15 is 0 Å². The fourth-order valence-electron chi connectivity index (χ4n) is 3.82. The molecule has 0 amide bonds. The average molecular weight is 288 g/mol. The summed E-state index contributed by atoms with van der Waals surface area (Å²) in [6.07, 6.45) is 10.1. The van der Waals surface area contributed by atoms with E-state index in [1.807, 2.05) is 0 Å². The highest BCUT2D eigenvalue weighted by molar-refractivity contribution is 7.91. The molecule has 3 atom stereocenters. The zero-order valence-corrected chi connectivity index (χ0v) is 12.9. The van der Waals surface area contributed by atoms with Crippen molar-refractivity contribution < 1.29 is 8.42 Å². The van der Waals surface area contributed by atoms with Crippen LogP contribution in [0.3, 0.4) is 0 Å². The maximum absolute atomic E-state index is 11.8. The van der Waals surface area contributed by atoms with Crippen molar-refractivity contribution in [1.29, 1.82) is 0 Å². The van der Waals surface area contributed by atoms with Crippen LogP contribution in [0.5, 0.6) is 0 Å². The van der Waals surface area contributed by atoms with Gasteiger partial charge in [0.2, 0.25) is 0 Å². The summed E-state index contributed by atoms with van der Waals surface area (Å²) in [5, 5.41) is -0.119. The van der Waals surface area contributed by atoms with Gasteiger partial charge < -0.3 is 5.73 Å². The van der Waals surface area contributed by atoms with E-state index in [0.717, 1.165) is 45.2 Å². The van der Waals surface area contributed by atoms with Gasteiger partial charge in [-0.3, -0.25) is 4.90 Å². The summed E-state index contributed by atoms with van der Waals surface area (Å²) in [5.74, 6) is 0. The lowest BCUT2D eigenvalue weighted by atomic mass is 9.89. The number of hydrogen-bond acceptors (Lipinski definition) is 4. The molecule has 1 heterocycles. The van der Waals surface area contributed by atoms with Crippen molar-refractivity contribution in [3.8, 4) is 0 Å². The van der Waals surface area contributed by atoms with Gasteiger partial charge in [-0.05, 0) is 51.6 Å². The maximum atomic E-state index is 11.8. The first-order chi connectivity index (χ1) is 9.02. The van der Waals surface area contributed by atoms with Crippen molar-refractivity contribution in [2.24, 2.45) is 5.73 Å². The van der Waals surface area contributed by atoms with Gasteiger partial charge in [0, 0.05) is 18.3 Å². The highest BCUT2D eigenvalue weighted by atomic mass is 32.2. The van der Waals surface area contributed by atoms with Crippen LogP contribution in [0.1, 0.15) is 51.4 Å². The van der Waals surface area contributed by atoms with Gasteiger partial charge >= 0.3 is 0 Å². The van der Waals surface area contributed by atoms with Crippen LogP contribution in [0.15, 0.2) is 0 Å². The molecule has 0 aromatic rings. The molecule has 4 nitrogen and oxygen atoms in total. The largest absolute Gasteiger partial charge is 0.330 e. The van der Waals surface area contributed by atoms with Gasteiger partial charge in [0.05, 0.1) is 5.25 Å². The standard InChI is InChI=1S/C14H28N2O2S/c1-19(17,18)14-7-4-6-13(11-14)16-10-3-2-5-12(16)8-9-15/h12-14H,2-11,15H2,1H3. The molecule has 2 aliphatic rings. The van der Waals surface area contributed by atoms with Crippen LogP contribution >= 0.6 is 0 Å². The fraction of sp³-hybridized carbons (Fsp3) is 1.00. The molecule has 0 radical (unpaired) electrons. The molecule has 0 bridgehead atoms. The third-order valence-corrected chi connectivity index (χ3v) is 6.48. The molecular formula is C14H28N2O2S. The number of hydrogen-bond donors (Lipinski definition) is 1. The summed E-state index contributed by atoms with van der Waals surface area (Å²) < 4.78 is 23.6. The smallest absolute Gasteiger partial charge is 0.150 e. The highest BCUT2D eigenvalue weighted by Crippen LogP contribution is 2.32. The molecule has 0 aromatic heterocycles. The first-order valence-corrected chi connectivity index (χ1v) is 9.62. The summed E-state index contributed by atoms with van der Waals surface area (Å²) in [5.41, 5.74) is 5.73. The molecule has 2 N–H and O–H groups in total. The zero-order chi connectivity index (χ0) is 13.9. The van der Waals surface area contributed by atoms with Crippen molar-refractivity contribution in [2.75, 3.05) is 19.3 Å². The predicted molar refractivity (Wildman–Crippen MR) is 78.9 cm³/mol. The second kappa shape index (κ2) is 6.55. The van der Waals surface area contributed by atoms with Crippen molar-refractivity contribution in [3.63, 3.8) is 0 Å². The number of nitrogens with zero attached hydrogens (tertiary/aromatic N) is 1. The molecule has 5 heteroatoms. The van der Waals surface area contributed by atoms with Crippen LogP contribution in [0.4, 0.5) is 0 Å². The van der Waals surface area contributed by atoms with Gasteiger partial charge in [-0.2, -0.15) is 0 Å². The van der Waals surface area contributed by atoms with Gasteiger partial charge in [-0.1, -0.05) is 12.8 Å². The summed E-state index contributed by atoms with van der Waals surface area (Å²) in [6.45, 7) is 1.87. The average Bonchev–Trinajstić information content (AvgIpc) is 2.39. The normalized spacial score (nSPS) is 34.3. The molecular weight excluding hydrogens is 260 g/mol. The Bertz CT molecular complexity index is 381. The van der Waals surface area contributed by atoms with E-state index in [4.69, 9.17) is 5.73 Å². The first-order valence-electron chi connectivity index (χ1n) is 7.67. The Morgan fingerprint density at radius 1 is 1.16 bits per heavy atom. The molecule has 1 aliphatic heterocycles. The zero-order valence-electron chi connectivity index (χ0n) is 12.1. The third-order valence-electron chi connectivity index (χ3n) is 4.85. The Morgan fingerprint density at radius 3 is 2.63 bits per heavy atom. The summed E-state index contributed by atoms with van der Waals surface area (Å²) in [7, 11) is -2.88. The molecule has 0 aromatic carbocycles. The summed E-state index contributed by atoms with van der Waals surface area (Å²) in [4.78, 5) is 2.58. The second-order valence-corrected chi connectivity index (χ2v) is 8.56. The van der Waals surface area contributed by atoms with Crippen molar-refractivity contribution in [1.82, 2.24) is 4.90 Å². The lowest BCUT2D eigenvalue weighted by Crippen LogP contribution is -2.50. The van der Waals surface area contributed by atoms with Crippen LogP contribution < -0.4 is 5.73 Å². The number of likely N-dealkylation sites (tertiary alicyclic amines) is 1. The van der Waals surface area contributed by atoms with Gasteiger partial charge in [0.25, 0.3) is 0 Å². The van der Waals surface area contributed by atoms with Crippen molar-refractivity contribution in [2.45, 2.75) is 68.7 Å². The summed E-state index contributed by atoms with van der Waals surface area (Å²) in [6, 6.07) is 1.05. The number of sulfone groups is 1. The van der Waals surface area contributed by atoms with Gasteiger partial charge in [0.15, 0.2) is 0 Å². The van der Waals surface area contributed by atoms with E-state index < -0.39 is 9.84 Å². The lowest BCUT2D eigenvalue weighted by molar-refractivity contribution is 0.0699. The number of nitrogens with two attached hydrogens (primary N) is 1. The van der Waals surface area contributed by atoms with Gasteiger partial charge in [-0.25, -0.2) is 8.42 Å². The summed E-state index contributed by atoms with van der Waals surface area (Å²) >= 11 is 0. The molecule has 1 saturated heterocycles. The predicted octanol–water partition coefficient (Wildman–Crippen LogP) is 1.55. The minimum Gasteiger partial charge on any atom is -0.330 e. The van der Waals surface area contributed by atoms with Crippen LogP contribution in [0.2, 0.25) is 0 Å². The Hall–Kier alpha value is -0.130. The Balaban J connectivity index is 2.02. The molecule has 2 rings (SSSR count). The Morgan fingerprint density at radius 2 is 1.95 bits per heavy atom. The SMILES string of the molecule is CS(=O)(=O)C1CCCC(N2CCCCC2CCN)C1. The van der Waals surface area contributed by atoms with Crippen LogP contribution in [0.25, 0.3) is 0 Å². The van der Waals surface area contributed by atoms with Gasteiger partial charge in [0.1, 0.15) is 9.84 Å². The number of rotatable bonds is 4. The fourth-order valence-corrected chi connectivity index (χ4v) is 4.98. The van der Waals surface area contributed by atoms with E-state index in [2.05, 4.69) is 4.90 Å². The maximum Gasteiger partial charge on any atom is 0.150 e. The quantitative estimate of drug-likeness (QED) is 0.852. The molecule has 2 fully saturated rings. The second-order valence-electron chi connectivity index (χ2n) is 6.24. The molecule has 3 unspecified atom stereocenters. The lowest BCUT2D eigenvalue weighted by Gasteiger charge is -2.44. The minimum absolute atomic E-state index is 0.119. The molecule has 112 valence electrons. The van der Waals surface area contributed by atoms with Crippen molar-refractivity contribution >= 4 is 9.84 Å². The van der Waals surface area contributed by atoms with Crippen LogP contribution in [-0.2, 0) is 9.84 Å². The molecule has 1 aliphatic carbocycles. The van der Waals surface area contributed by atoms with Gasteiger partial charge in [-0.15, -0.1) is 0 Å². The van der Waals surface area contributed by atoms with E-state index in [1.165, 1.54) is 25.5 Å². The first kappa shape index (κ1) is 15.3. The molecule has 19 heavy (non-hydrogen) atoms. The highest BCUT2D eigenvalue weighted by Gasteiger charge is 2.35.